The normalized spacial score (nSPS) is 18.8. The molecule has 0 radical (unpaired) electrons. The van der Waals surface area contributed by atoms with E-state index in [0.717, 1.165) is 50.3 Å². The molecule has 25 heavy (non-hydrogen) atoms. The second kappa shape index (κ2) is 10.6. The SMILES string of the molecule is CCOC(=O)OC1(CCCCOCCCCc2ccc(Cl)cc2)CO1. The van der Waals surface area contributed by atoms with Crippen molar-refractivity contribution in [3.63, 3.8) is 0 Å². The summed E-state index contributed by atoms with van der Waals surface area (Å²) in [7, 11) is 0. The summed E-state index contributed by atoms with van der Waals surface area (Å²) in [6.45, 7) is 4.00. The molecule has 2 rings (SSSR count). The van der Waals surface area contributed by atoms with Gasteiger partial charge in [-0.1, -0.05) is 23.7 Å². The van der Waals surface area contributed by atoms with E-state index in [2.05, 4.69) is 12.1 Å². The third-order valence-corrected chi connectivity index (χ3v) is 4.26. The number of carbonyl (C=O) groups is 1. The van der Waals surface area contributed by atoms with Gasteiger partial charge in [0.05, 0.1) is 6.61 Å². The van der Waals surface area contributed by atoms with Crippen molar-refractivity contribution in [1.82, 2.24) is 0 Å². The van der Waals surface area contributed by atoms with Crippen LogP contribution < -0.4 is 0 Å². The first kappa shape index (κ1) is 20.0. The predicted octanol–water partition coefficient (Wildman–Crippen LogP) is 4.75. The number of carbonyl (C=O) groups excluding carboxylic acids is 1. The Labute approximate surface area is 154 Å². The van der Waals surface area contributed by atoms with Gasteiger partial charge in [0.2, 0.25) is 5.79 Å². The third kappa shape index (κ3) is 8.08. The van der Waals surface area contributed by atoms with Crippen LogP contribution in [0.5, 0.6) is 0 Å². The molecule has 0 N–H and O–H groups in total. The molecule has 0 bridgehead atoms. The molecule has 1 atom stereocenters. The van der Waals surface area contributed by atoms with Crippen LogP contribution in [0.15, 0.2) is 24.3 Å². The Morgan fingerprint density at radius 1 is 1.16 bits per heavy atom. The Morgan fingerprint density at radius 2 is 1.84 bits per heavy atom. The molecule has 0 spiro atoms. The summed E-state index contributed by atoms with van der Waals surface area (Å²) < 4.78 is 20.8. The topological polar surface area (TPSA) is 57.3 Å². The van der Waals surface area contributed by atoms with Gasteiger partial charge in [-0.3, -0.25) is 0 Å². The molecule has 1 saturated heterocycles. The van der Waals surface area contributed by atoms with Crippen LogP contribution in [0.2, 0.25) is 5.02 Å². The van der Waals surface area contributed by atoms with E-state index in [1.807, 2.05) is 12.1 Å². The molecule has 6 heteroatoms. The monoisotopic (exact) mass is 370 g/mol. The van der Waals surface area contributed by atoms with Crippen LogP contribution in [-0.4, -0.2) is 38.4 Å². The number of epoxide rings is 1. The lowest BCUT2D eigenvalue weighted by atomic mass is 10.1. The van der Waals surface area contributed by atoms with Gasteiger partial charge in [0.15, 0.2) is 0 Å². The molecular weight excluding hydrogens is 344 g/mol. The highest BCUT2D eigenvalue weighted by atomic mass is 35.5. The minimum absolute atomic E-state index is 0.306. The average molecular weight is 371 g/mol. The van der Waals surface area contributed by atoms with Crippen molar-refractivity contribution in [2.75, 3.05) is 26.4 Å². The van der Waals surface area contributed by atoms with Gasteiger partial charge < -0.3 is 18.9 Å². The summed E-state index contributed by atoms with van der Waals surface area (Å²) in [5, 5.41) is 0.776. The number of halogens is 1. The second-order valence-electron chi connectivity index (χ2n) is 6.14. The van der Waals surface area contributed by atoms with E-state index in [-0.39, 0.29) is 0 Å². The summed E-state index contributed by atoms with van der Waals surface area (Å²) in [4.78, 5) is 11.3. The molecule has 1 heterocycles. The van der Waals surface area contributed by atoms with Crippen LogP contribution in [0, 0.1) is 0 Å². The molecule has 140 valence electrons. The van der Waals surface area contributed by atoms with Gasteiger partial charge in [0, 0.05) is 24.7 Å². The molecule has 1 aromatic carbocycles. The number of hydrogen-bond acceptors (Lipinski definition) is 5. The van der Waals surface area contributed by atoms with E-state index in [9.17, 15) is 4.79 Å². The lowest BCUT2D eigenvalue weighted by Gasteiger charge is -2.12. The lowest BCUT2D eigenvalue weighted by molar-refractivity contribution is -0.0387. The molecule has 1 aliphatic heterocycles. The molecule has 5 nitrogen and oxygen atoms in total. The maximum absolute atomic E-state index is 11.3. The molecule has 0 saturated carbocycles. The smallest absolute Gasteiger partial charge is 0.435 e. The predicted molar refractivity (Wildman–Crippen MR) is 95.9 cm³/mol. The Balaban J connectivity index is 1.42. The Kier molecular flexibility index (Phi) is 8.52. The molecule has 0 amide bonds. The Hall–Kier alpha value is -1.30. The van der Waals surface area contributed by atoms with E-state index in [0.29, 0.717) is 19.6 Å². The zero-order chi connectivity index (χ0) is 18.0. The minimum atomic E-state index is -0.745. The fourth-order valence-corrected chi connectivity index (χ4v) is 2.64. The molecule has 1 aromatic rings. The molecule has 1 fully saturated rings. The van der Waals surface area contributed by atoms with Gasteiger partial charge in [0.25, 0.3) is 0 Å². The van der Waals surface area contributed by atoms with Crippen LogP contribution in [0.1, 0.15) is 44.6 Å². The highest BCUT2D eigenvalue weighted by molar-refractivity contribution is 6.30. The Bertz CT molecular complexity index is 513. The van der Waals surface area contributed by atoms with Gasteiger partial charge >= 0.3 is 6.16 Å². The quantitative estimate of drug-likeness (QED) is 0.302. The summed E-state index contributed by atoms with van der Waals surface area (Å²) in [5.41, 5.74) is 1.31. The third-order valence-electron chi connectivity index (χ3n) is 4.01. The Morgan fingerprint density at radius 3 is 2.48 bits per heavy atom. The highest BCUT2D eigenvalue weighted by Crippen LogP contribution is 2.34. The van der Waals surface area contributed by atoms with E-state index in [4.69, 9.17) is 30.5 Å². The van der Waals surface area contributed by atoms with E-state index in [1.165, 1.54) is 5.56 Å². The molecular formula is C19H27ClO5. The maximum Gasteiger partial charge on any atom is 0.510 e. The van der Waals surface area contributed by atoms with Crippen LogP contribution in [-0.2, 0) is 25.4 Å². The second-order valence-corrected chi connectivity index (χ2v) is 6.57. The number of unbranched alkanes of at least 4 members (excludes halogenated alkanes) is 2. The van der Waals surface area contributed by atoms with Crippen molar-refractivity contribution in [2.45, 2.75) is 51.2 Å². The largest absolute Gasteiger partial charge is 0.510 e. The summed E-state index contributed by atoms with van der Waals surface area (Å²) in [6, 6.07) is 7.99. The van der Waals surface area contributed by atoms with Gasteiger partial charge in [0.1, 0.15) is 6.61 Å². The first-order valence-electron chi connectivity index (χ1n) is 8.95. The first-order chi connectivity index (χ1) is 12.1. The fraction of sp³-hybridized carbons (Fsp3) is 0.632. The van der Waals surface area contributed by atoms with E-state index < -0.39 is 11.9 Å². The van der Waals surface area contributed by atoms with Crippen molar-refractivity contribution >= 4 is 17.8 Å². The molecule has 0 aromatic heterocycles. The summed E-state index contributed by atoms with van der Waals surface area (Å²) in [6.07, 6.45) is 5.04. The van der Waals surface area contributed by atoms with Crippen LogP contribution in [0.4, 0.5) is 4.79 Å². The zero-order valence-electron chi connectivity index (χ0n) is 14.8. The fourth-order valence-electron chi connectivity index (χ4n) is 2.52. The van der Waals surface area contributed by atoms with Crippen molar-refractivity contribution in [2.24, 2.45) is 0 Å². The zero-order valence-corrected chi connectivity index (χ0v) is 15.6. The van der Waals surface area contributed by atoms with Crippen molar-refractivity contribution in [3.05, 3.63) is 34.9 Å². The highest BCUT2D eigenvalue weighted by Gasteiger charge is 2.49. The average Bonchev–Trinajstić information content (AvgIpc) is 3.34. The van der Waals surface area contributed by atoms with E-state index >= 15 is 0 Å². The van der Waals surface area contributed by atoms with Crippen molar-refractivity contribution in [3.8, 4) is 0 Å². The van der Waals surface area contributed by atoms with Gasteiger partial charge in [-0.2, -0.15) is 0 Å². The maximum atomic E-state index is 11.3. The van der Waals surface area contributed by atoms with Gasteiger partial charge in [-0.15, -0.1) is 0 Å². The molecule has 1 unspecified atom stereocenters. The van der Waals surface area contributed by atoms with Crippen LogP contribution >= 0.6 is 11.6 Å². The standard InChI is InChI=1S/C19H27ClO5/c1-2-23-18(21)25-19(15-24-19)12-4-6-14-22-13-5-3-7-16-8-10-17(20)11-9-16/h8-11H,2-7,12-15H2,1H3. The van der Waals surface area contributed by atoms with E-state index in [1.54, 1.807) is 6.92 Å². The number of aryl methyl sites for hydroxylation is 1. The number of ether oxygens (including phenoxy) is 4. The minimum Gasteiger partial charge on any atom is -0.435 e. The molecule has 0 aliphatic carbocycles. The van der Waals surface area contributed by atoms with Crippen LogP contribution in [0.3, 0.4) is 0 Å². The number of hydrogen-bond donors (Lipinski definition) is 0. The molecule has 1 aliphatic rings. The van der Waals surface area contributed by atoms with Gasteiger partial charge in [-0.25, -0.2) is 4.79 Å². The number of benzene rings is 1. The lowest BCUT2D eigenvalue weighted by Crippen LogP contribution is -2.22. The summed E-state index contributed by atoms with van der Waals surface area (Å²) >= 11 is 5.87. The summed E-state index contributed by atoms with van der Waals surface area (Å²) in [5.74, 6) is -0.745. The number of rotatable bonds is 12. The first-order valence-corrected chi connectivity index (χ1v) is 9.33. The van der Waals surface area contributed by atoms with Crippen molar-refractivity contribution in [1.29, 1.82) is 0 Å². The van der Waals surface area contributed by atoms with Crippen molar-refractivity contribution < 1.29 is 23.7 Å². The van der Waals surface area contributed by atoms with Gasteiger partial charge in [-0.05, 0) is 56.7 Å². The van der Waals surface area contributed by atoms with Crippen LogP contribution in [0.25, 0.3) is 0 Å².